The molecule has 0 saturated heterocycles. The zero-order valence-corrected chi connectivity index (χ0v) is 11.0. The Morgan fingerprint density at radius 3 is 2.72 bits per heavy atom. The number of amides is 3. The van der Waals surface area contributed by atoms with Gasteiger partial charge in [-0.1, -0.05) is 11.6 Å². The van der Waals surface area contributed by atoms with E-state index in [1.54, 1.807) is 25.1 Å². The summed E-state index contributed by atoms with van der Waals surface area (Å²) < 4.78 is 5.28. The van der Waals surface area contributed by atoms with Gasteiger partial charge in [0.1, 0.15) is 5.75 Å². The molecule has 0 aliphatic carbocycles. The van der Waals surface area contributed by atoms with Gasteiger partial charge in [0.15, 0.2) is 6.61 Å². The smallest absolute Gasteiger partial charge is 0.321 e. The monoisotopic (exact) mass is 270 g/mol. The van der Waals surface area contributed by atoms with E-state index in [9.17, 15) is 9.59 Å². The normalized spacial score (nSPS) is 9.72. The van der Waals surface area contributed by atoms with Gasteiger partial charge >= 0.3 is 6.03 Å². The molecule has 0 atom stereocenters. The summed E-state index contributed by atoms with van der Waals surface area (Å²) in [5.74, 6) is 0.0562. The lowest BCUT2D eigenvalue weighted by molar-refractivity contribution is -0.122. The third-order valence-electron chi connectivity index (χ3n) is 2.09. The Kier molecular flexibility index (Phi) is 5.45. The van der Waals surface area contributed by atoms with Crippen molar-refractivity contribution in [2.45, 2.75) is 13.8 Å². The van der Waals surface area contributed by atoms with E-state index in [4.69, 9.17) is 16.3 Å². The van der Waals surface area contributed by atoms with Gasteiger partial charge in [0.05, 0.1) is 0 Å². The molecule has 0 saturated carbocycles. The number of hydrogen-bond acceptors (Lipinski definition) is 3. The summed E-state index contributed by atoms with van der Waals surface area (Å²) in [5, 5.41) is 5.19. The number of nitrogens with one attached hydrogen (secondary N) is 2. The van der Waals surface area contributed by atoms with Crippen LogP contribution in [0.15, 0.2) is 18.2 Å². The Bertz CT molecular complexity index is 449. The third kappa shape index (κ3) is 4.63. The number of benzene rings is 1. The van der Waals surface area contributed by atoms with Gasteiger partial charge in [-0.15, -0.1) is 0 Å². The SMILES string of the molecule is CCNC(=O)NC(=O)COc1ccc(Cl)cc1C. The van der Waals surface area contributed by atoms with Crippen LogP contribution in [0.2, 0.25) is 5.02 Å². The van der Waals surface area contributed by atoms with Crippen LogP contribution in [-0.4, -0.2) is 25.1 Å². The first-order chi connectivity index (χ1) is 8.52. The molecule has 0 aromatic heterocycles. The second-order valence-electron chi connectivity index (χ2n) is 3.61. The highest BCUT2D eigenvalue weighted by Crippen LogP contribution is 2.21. The van der Waals surface area contributed by atoms with Gasteiger partial charge < -0.3 is 10.1 Å². The predicted octanol–water partition coefficient (Wildman–Crippen LogP) is 1.87. The van der Waals surface area contributed by atoms with E-state index in [0.717, 1.165) is 5.56 Å². The van der Waals surface area contributed by atoms with Crippen LogP contribution in [0.25, 0.3) is 0 Å². The topological polar surface area (TPSA) is 67.4 Å². The predicted molar refractivity (Wildman–Crippen MR) is 68.9 cm³/mol. The summed E-state index contributed by atoms with van der Waals surface area (Å²) >= 11 is 5.80. The number of urea groups is 1. The van der Waals surface area contributed by atoms with Crippen molar-refractivity contribution in [1.82, 2.24) is 10.6 Å². The molecule has 2 N–H and O–H groups in total. The Morgan fingerprint density at radius 1 is 1.39 bits per heavy atom. The summed E-state index contributed by atoms with van der Waals surface area (Å²) in [5.41, 5.74) is 0.827. The van der Waals surface area contributed by atoms with Crippen LogP contribution in [0.5, 0.6) is 5.75 Å². The standard InChI is InChI=1S/C12H15ClN2O3/c1-3-14-12(17)15-11(16)7-18-10-5-4-9(13)6-8(10)2/h4-6H,3,7H2,1-2H3,(H2,14,15,16,17). The average Bonchev–Trinajstić information content (AvgIpc) is 2.28. The molecule has 0 aliphatic rings. The van der Waals surface area contributed by atoms with Crippen molar-refractivity contribution in [2.24, 2.45) is 0 Å². The highest BCUT2D eigenvalue weighted by molar-refractivity contribution is 6.30. The van der Waals surface area contributed by atoms with Gasteiger partial charge in [0.25, 0.3) is 5.91 Å². The van der Waals surface area contributed by atoms with Crippen molar-refractivity contribution in [3.05, 3.63) is 28.8 Å². The van der Waals surface area contributed by atoms with Crippen LogP contribution >= 0.6 is 11.6 Å². The number of aryl methyl sites for hydroxylation is 1. The molecule has 0 aliphatic heterocycles. The van der Waals surface area contributed by atoms with Gasteiger partial charge in [-0.3, -0.25) is 10.1 Å². The Hall–Kier alpha value is -1.75. The second kappa shape index (κ2) is 6.86. The molecular weight excluding hydrogens is 256 g/mol. The first kappa shape index (κ1) is 14.3. The molecule has 1 rings (SSSR count). The lowest BCUT2D eigenvalue weighted by atomic mass is 10.2. The van der Waals surface area contributed by atoms with Crippen LogP contribution < -0.4 is 15.4 Å². The fraction of sp³-hybridized carbons (Fsp3) is 0.333. The number of halogens is 1. The zero-order chi connectivity index (χ0) is 13.5. The van der Waals surface area contributed by atoms with E-state index >= 15 is 0 Å². The number of rotatable bonds is 4. The second-order valence-corrected chi connectivity index (χ2v) is 4.04. The fourth-order valence-corrected chi connectivity index (χ4v) is 1.51. The highest BCUT2D eigenvalue weighted by Gasteiger charge is 2.08. The minimum atomic E-state index is -0.529. The van der Waals surface area contributed by atoms with Crippen molar-refractivity contribution < 1.29 is 14.3 Å². The summed E-state index contributed by atoms with van der Waals surface area (Å²) in [6, 6.07) is 4.56. The molecule has 6 heteroatoms. The van der Waals surface area contributed by atoms with E-state index < -0.39 is 11.9 Å². The first-order valence-electron chi connectivity index (χ1n) is 5.49. The van der Waals surface area contributed by atoms with Gasteiger partial charge in [0.2, 0.25) is 0 Å². The molecule has 0 radical (unpaired) electrons. The molecule has 98 valence electrons. The van der Waals surface area contributed by atoms with Gasteiger partial charge in [0, 0.05) is 11.6 Å². The van der Waals surface area contributed by atoms with E-state index in [0.29, 0.717) is 17.3 Å². The number of imide groups is 1. The minimum absolute atomic E-state index is 0.223. The lowest BCUT2D eigenvalue weighted by Gasteiger charge is -2.09. The maximum Gasteiger partial charge on any atom is 0.321 e. The van der Waals surface area contributed by atoms with Gasteiger partial charge in [-0.25, -0.2) is 4.79 Å². The average molecular weight is 271 g/mol. The fourth-order valence-electron chi connectivity index (χ4n) is 1.29. The molecule has 1 aromatic carbocycles. The lowest BCUT2D eigenvalue weighted by Crippen LogP contribution is -2.41. The molecule has 3 amide bonds. The van der Waals surface area contributed by atoms with E-state index in [2.05, 4.69) is 10.6 Å². The van der Waals surface area contributed by atoms with Crippen LogP contribution in [0.1, 0.15) is 12.5 Å². The maximum atomic E-state index is 11.4. The van der Waals surface area contributed by atoms with Crippen LogP contribution in [-0.2, 0) is 4.79 Å². The van der Waals surface area contributed by atoms with Crippen molar-refractivity contribution >= 4 is 23.5 Å². The number of carbonyl (C=O) groups excluding carboxylic acids is 2. The Labute approximate surface area is 110 Å². The maximum absolute atomic E-state index is 11.4. The molecule has 0 fully saturated rings. The van der Waals surface area contributed by atoms with Gasteiger partial charge in [-0.05, 0) is 37.6 Å². The summed E-state index contributed by atoms with van der Waals surface area (Å²) in [4.78, 5) is 22.4. The number of carbonyl (C=O) groups is 2. The summed E-state index contributed by atoms with van der Waals surface area (Å²) in [6.07, 6.45) is 0. The van der Waals surface area contributed by atoms with Crippen LogP contribution in [0.3, 0.4) is 0 Å². The largest absolute Gasteiger partial charge is 0.483 e. The molecule has 5 nitrogen and oxygen atoms in total. The van der Waals surface area contributed by atoms with E-state index in [1.165, 1.54) is 0 Å². The molecule has 0 heterocycles. The molecule has 18 heavy (non-hydrogen) atoms. The number of hydrogen-bond donors (Lipinski definition) is 2. The molecular formula is C12H15ClN2O3. The Balaban J connectivity index is 2.45. The van der Waals surface area contributed by atoms with Crippen molar-refractivity contribution in [3.63, 3.8) is 0 Å². The van der Waals surface area contributed by atoms with Crippen molar-refractivity contribution in [2.75, 3.05) is 13.2 Å². The molecule has 0 unspecified atom stereocenters. The van der Waals surface area contributed by atoms with Gasteiger partial charge in [-0.2, -0.15) is 0 Å². The molecule has 0 spiro atoms. The highest BCUT2D eigenvalue weighted by atomic mass is 35.5. The Morgan fingerprint density at radius 2 is 2.11 bits per heavy atom. The molecule has 1 aromatic rings. The van der Waals surface area contributed by atoms with Crippen LogP contribution in [0, 0.1) is 6.92 Å². The quantitative estimate of drug-likeness (QED) is 0.878. The van der Waals surface area contributed by atoms with E-state index in [1.807, 2.05) is 6.92 Å². The summed E-state index contributed by atoms with van der Waals surface area (Å²) in [7, 11) is 0. The molecule has 0 bridgehead atoms. The van der Waals surface area contributed by atoms with Crippen molar-refractivity contribution in [1.29, 1.82) is 0 Å². The van der Waals surface area contributed by atoms with E-state index in [-0.39, 0.29) is 6.61 Å². The summed E-state index contributed by atoms with van der Waals surface area (Å²) in [6.45, 7) is 3.82. The van der Waals surface area contributed by atoms with Crippen molar-refractivity contribution in [3.8, 4) is 5.75 Å². The zero-order valence-electron chi connectivity index (χ0n) is 10.2. The first-order valence-corrected chi connectivity index (χ1v) is 5.87. The number of ether oxygens (including phenoxy) is 1. The third-order valence-corrected chi connectivity index (χ3v) is 2.32. The minimum Gasteiger partial charge on any atom is -0.483 e. The van der Waals surface area contributed by atoms with Crippen LogP contribution in [0.4, 0.5) is 4.79 Å².